The predicted molar refractivity (Wildman–Crippen MR) is 42.4 cm³/mol. The maximum Gasteiger partial charge on any atom is 0.213 e. The van der Waals surface area contributed by atoms with E-state index < -0.39 is 10.0 Å². The fraction of sp³-hybridized carbons (Fsp3) is 0.833. The number of hydrogen-bond acceptors (Lipinski definition) is 3. The first-order valence-electron chi connectivity index (χ1n) is 3.26. The van der Waals surface area contributed by atoms with Gasteiger partial charge in [0.25, 0.3) is 0 Å². The van der Waals surface area contributed by atoms with E-state index in [2.05, 4.69) is 0 Å². The molecule has 0 fully saturated rings. The maximum atomic E-state index is 11.0. The maximum absolute atomic E-state index is 11.0. The smallest absolute Gasteiger partial charge is 0.213 e. The van der Waals surface area contributed by atoms with Crippen molar-refractivity contribution in [1.82, 2.24) is 4.31 Å². The van der Waals surface area contributed by atoms with Gasteiger partial charge in [0, 0.05) is 20.5 Å². The van der Waals surface area contributed by atoms with Crippen LogP contribution in [-0.2, 0) is 14.8 Å². The Hall–Kier alpha value is -0.420. The normalized spacial score (nSPS) is 11.9. The number of rotatable bonds is 5. The van der Waals surface area contributed by atoms with Crippen LogP contribution in [-0.4, -0.2) is 38.9 Å². The van der Waals surface area contributed by atoms with E-state index in [1.165, 1.54) is 14.1 Å². The fourth-order valence-electron chi connectivity index (χ4n) is 0.509. The van der Waals surface area contributed by atoms with Crippen molar-refractivity contribution in [3.8, 4) is 0 Å². The Bertz CT molecular complexity index is 208. The fourth-order valence-corrected chi connectivity index (χ4v) is 1.38. The molecular weight excluding hydrogens is 166 g/mol. The second-order valence-electron chi connectivity index (χ2n) is 2.35. The summed E-state index contributed by atoms with van der Waals surface area (Å²) < 4.78 is 23.2. The molecule has 0 heterocycles. The summed E-state index contributed by atoms with van der Waals surface area (Å²) in [5.41, 5.74) is 0. The van der Waals surface area contributed by atoms with Crippen LogP contribution in [0.2, 0.25) is 0 Å². The van der Waals surface area contributed by atoms with E-state index >= 15 is 0 Å². The zero-order chi connectivity index (χ0) is 8.91. The van der Waals surface area contributed by atoms with Crippen molar-refractivity contribution in [3.05, 3.63) is 0 Å². The van der Waals surface area contributed by atoms with Crippen molar-refractivity contribution in [2.24, 2.45) is 0 Å². The molecule has 5 heteroatoms. The van der Waals surface area contributed by atoms with Crippen molar-refractivity contribution < 1.29 is 13.2 Å². The van der Waals surface area contributed by atoms with Gasteiger partial charge in [-0.25, -0.2) is 12.7 Å². The number of hydrogen-bond donors (Lipinski definition) is 0. The van der Waals surface area contributed by atoms with E-state index in [1.807, 2.05) is 0 Å². The molecule has 0 aromatic rings. The summed E-state index contributed by atoms with van der Waals surface area (Å²) in [4.78, 5) is 9.73. The first-order chi connectivity index (χ1) is 5.00. The second kappa shape index (κ2) is 4.46. The third-order valence-corrected chi connectivity index (χ3v) is 3.15. The standard InChI is InChI=1S/C6H12NO3S/c1-7(2)11(9,10)6-4-3-5-8/h3-4,6H2,1-2H3. The summed E-state index contributed by atoms with van der Waals surface area (Å²) in [5.74, 6) is 0.0231. The lowest BCUT2D eigenvalue weighted by Crippen LogP contribution is -2.25. The molecule has 0 amide bonds. The molecule has 4 nitrogen and oxygen atoms in total. The topological polar surface area (TPSA) is 54.5 Å². The van der Waals surface area contributed by atoms with Crippen LogP contribution < -0.4 is 0 Å². The van der Waals surface area contributed by atoms with Gasteiger partial charge in [0.1, 0.15) is 0 Å². The first-order valence-corrected chi connectivity index (χ1v) is 4.87. The lowest BCUT2D eigenvalue weighted by molar-refractivity contribution is 0.517. The van der Waals surface area contributed by atoms with Crippen LogP contribution in [0.25, 0.3) is 0 Å². The molecule has 1 radical (unpaired) electrons. The Labute approximate surface area is 67.2 Å². The molecule has 65 valence electrons. The molecule has 0 aliphatic rings. The third kappa shape index (κ3) is 4.10. The molecule has 0 atom stereocenters. The minimum absolute atomic E-state index is 0.0231. The SMILES string of the molecule is CN(C)S(=O)(=O)CCC[C]=O. The third-order valence-electron chi connectivity index (χ3n) is 1.24. The van der Waals surface area contributed by atoms with E-state index in [1.54, 1.807) is 6.29 Å². The quantitative estimate of drug-likeness (QED) is 0.546. The van der Waals surface area contributed by atoms with Gasteiger partial charge in [0.05, 0.1) is 5.75 Å². The molecular formula is C6H12NO3S. The van der Waals surface area contributed by atoms with Gasteiger partial charge >= 0.3 is 0 Å². The van der Waals surface area contributed by atoms with E-state index in [9.17, 15) is 13.2 Å². The lowest BCUT2D eigenvalue weighted by atomic mass is 10.4. The summed E-state index contributed by atoms with van der Waals surface area (Å²) in [5, 5.41) is 0. The second-order valence-corrected chi connectivity index (χ2v) is 4.65. The Morgan fingerprint density at radius 2 is 1.91 bits per heavy atom. The van der Waals surface area contributed by atoms with Crippen LogP contribution in [0.15, 0.2) is 0 Å². The van der Waals surface area contributed by atoms with Crippen LogP contribution in [0.5, 0.6) is 0 Å². The molecule has 0 spiro atoms. The van der Waals surface area contributed by atoms with Crippen molar-refractivity contribution in [2.45, 2.75) is 12.8 Å². The summed E-state index contributed by atoms with van der Waals surface area (Å²) in [6.07, 6.45) is 2.19. The van der Waals surface area contributed by atoms with Gasteiger partial charge in [-0.05, 0) is 6.42 Å². The monoisotopic (exact) mass is 178 g/mol. The van der Waals surface area contributed by atoms with E-state index in [-0.39, 0.29) is 12.2 Å². The molecule has 0 N–H and O–H groups in total. The number of sulfonamides is 1. The molecule has 0 saturated carbocycles. The molecule has 0 aliphatic heterocycles. The first kappa shape index (κ1) is 10.6. The van der Waals surface area contributed by atoms with E-state index in [4.69, 9.17) is 0 Å². The zero-order valence-electron chi connectivity index (χ0n) is 6.70. The van der Waals surface area contributed by atoms with Crippen LogP contribution in [0.4, 0.5) is 0 Å². The Kier molecular flexibility index (Phi) is 4.29. The predicted octanol–water partition coefficient (Wildman–Crippen LogP) is -0.232. The molecule has 0 unspecified atom stereocenters. The van der Waals surface area contributed by atoms with Gasteiger partial charge in [-0.2, -0.15) is 0 Å². The van der Waals surface area contributed by atoms with Gasteiger partial charge in [-0.3, -0.25) is 4.79 Å². The molecule has 0 aromatic heterocycles. The van der Waals surface area contributed by atoms with E-state index in [0.717, 1.165) is 4.31 Å². The van der Waals surface area contributed by atoms with Gasteiger partial charge < -0.3 is 0 Å². The van der Waals surface area contributed by atoms with E-state index in [0.29, 0.717) is 6.42 Å². The number of carbonyl (C=O) groups excluding carboxylic acids is 1. The van der Waals surface area contributed by atoms with Gasteiger partial charge in [0.2, 0.25) is 10.0 Å². The lowest BCUT2D eigenvalue weighted by Gasteiger charge is -2.09. The molecule has 0 rings (SSSR count). The highest BCUT2D eigenvalue weighted by Crippen LogP contribution is 1.97. The van der Waals surface area contributed by atoms with Crippen molar-refractivity contribution in [1.29, 1.82) is 0 Å². The average molecular weight is 178 g/mol. The zero-order valence-corrected chi connectivity index (χ0v) is 7.52. The number of nitrogens with zero attached hydrogens (tertiary/aromatic N) is 1. The van der Waals surface area contributed by atoms with Crippen molar-refractivity contribution >= 4 is 16.3 Å². The van der Waals surface area contributed by atoms with Crippen LogP contribution in [0.3, 0.4) is 0 Å². The Morgan fingerprint density at radius 3 is 2.27 bits per heavy atom. The minimum Gasteiger partial charge on any atom is -0.291 e. The number of unbranched alkanes of at least 4 members (excludes halogenated alkanes) is 1. The summed E-state index contributed by atoms with van der Waals surface area (Å²) in [6.45, 7) is 0. The summed E-state index contributed by atoms with van der Waals surface area (Å²) >= 11 is 0. The van der Waals surface area contributed by atoms with Crippen LogP contribution in [0.1, 0.15) is 12.8 Å². The molecule has 0 aliphatic carbocycles. The van der Waals surface area contributed by atoms with Crippen LogP contribution >= 0.6 is 0 Å². The molecule has 0 bridgehead atoms. The molecule has 0 saturated heterocycles. The van der Waals surface area contributed by atoms with Crippen LogP contribution in [0, 0.1) is 0 Å². The van der Waals surface area contributed by atoms with Gasteiger partial charge in [-0.1, -0.05) is 0 Å². The largest absolute Gasteiger partial charge is 0.291 e. The highest BCUT2D eigenvalue weighted by atomic mass is 32.2. The van der Waals surface area contributed by atoms with Crippen molar-refractivity contribution in [3.63, 3.8) is 0 Å². The summed E-state index contributed by atoms with van der Waals surface area (Å²) in [6, 6.07) is 0. The van der Waals surface area contributed by atoms with Crippen molar-refractivity contribution in [2.75, 3.05) is 19.8 Å². The molecule has 11 heavy (non-hydrogen) atoms. The highest BCUT2D eigenvalue weighted by Gasteiger charge is 2.11. The highest BCUT2D eigenvalue weighted by molar-refractivity contribution is 7.89. The average Bonchev–Trinajstić information content (AvgIpc) is 1.88. The molecule has 0 aromatic carbocycles. The van der Waals surface area contributed by atoms with Gasteiger partial charge in [-0.15, -0.1) is 0 Å². The Balaban J connectivity index is 3.84. The minimum atomic E-state index is -3.12. The Morgan fingerprint density at radius 1 is 1.36 bits per heavy atom. The van der Waals surface area contributed by atoms with Gasteiger partial charge in [0.15, 0.2) is 6.29 Å². The summed E-state index contributed by atoms with van der Waals surface area (Å²) in [7, 11) is -0.172.